The van der Waals surface area contributed by atoms with Crippen molar-refractivity contribution in [3.63, 3.8) is 0 Å². The molecule has 0 spiro atoms. The highest BCUT2D eigenvalue weighted by atomic mass is 79.9. The quantitative estimate of drug-likeness (QED) is 0.933. The van der Waals surface area contributed by atoms with Gasteiger partial charge in [0, 0.05) is 10.7 Å². The molecule has 1 atom stereocenters. The van der Waals surface area contributed by atoms with Crippen LogP contribution in [-0.2, 0) is 0 Å². The second-order valence-electron chi connectivity index (χ2n) is 4.45. The summed E-state index contributed by atoms with van der Waals surface area (Å²) in [7, 11) is 1.96. The van der Waals surface area contributed by atoms with Crippen LogP contribution in [0, 0.1) is 13.8 Å². The molecule has 0 radical (unpaired) electrons. The summed E-state index contributed by atoms with van der Waals surface area (Å²) in [5.74, 6) is 0. The zero-order valence-electron chi connectivity index (χ0n) is 10.9. The molecule has 0 saturated heterocycles. The number of rotatable bonds is 3. The van der Waals surface area contributed by atoms with E-state index in [9.17, 15) is 0 Å². The van der Waals surface area contributed by atoms with Crippen LogP contribution in [0.2, 0.25) is 0 Å². The molecule has 0 amide bonds. The largest absolute Gasteiger partial charge is 0.308 e. The van der Waals surface area contributed by atoms with Crippen LogP contribution in [0.15, 0.2) is 41.0 Å². The molecule has 2 aromatic rings. The first-order chi connectivity index (χ1) is 8.63. The van der Waals surface area contributed by atoms with E-state index in [4.69, 9.17) is 0 Å². The average molecular weight is 305 g/mol. The number of hydrogen-bond acceptors (Lipinski definition) is 2. The second-order valence-corrected chi connectivity index (χ2v) is 5.31. The highest BCUT2D eigenvalue weighted by Gasteiger charge is 2.17. The predicted octanol–water partition coefficient (Wildman–Crippen LogP) is 3.77. The van der Waals surface area contributed by atoms with Crippen molar-refractivity contribution in [2.75, 3.05) is 7.05 Å². The Bertz CT molecular complexity index is 552. The lowest BCUT2D eigenvalue weighted by molar-refractivity contribution is 0.663. The number of aromatic nitrogens is 1. The first-order valence-electron chi connectivity index (χ1n) is 5.98. The Morgan fingerprint density at radius 3 is 2.61 bits per heavy atom. The minimum Gasteiger partial charge on any atom is -0.308 e. The molecular formula is C15H17BrN2. The molecule has 0 aliphatic heterocycles. The van der Waals surface area contributed by atoms with Gasteiger partial charge in [0.1, 0.15) is 0 Å². The molecule has 18 heavy (non-hydrogen) atoms. The van der Waals surface area contributed by atoms with Crippen molar-refractivity contribution in [1.82, 2.24) is 10.3 Å². The Labute approximate surface area is 117 Å². The molecule has 1 unspecified atom stereocenters. The van der Waals surface area contributed by atoms with E-state index in [1.807, 2.05) is 25.4 Å². The van der Waals surface area contributed by atoms with E-state index in [-0.39, 0.29) is 6.04 Å². The SMILES string of the molecule is CNC(c1ccc(C)cc1C)c1ncccc1Br. The highest BCUT2D eigenvalue weighted by Crippen LogP contribution is 2.28. The summed E-state index contributed by atoms with van der Waals surface area (Å²) in [4.78, 5) is 4.48. The van der Waals surface area contributed by atoms with Gasteiger partial charge < -0.3 is 5.32 Å². The lowest BCUT2D eigenvalue weighted by atomic mass is 9.97. The Hall–Kier alpha value is -1.19. The Balaban J connectivity index is 2.49. The molecule has 0 bridgehead atoms. The van der Waals surface area contributed by atoms with Crippen LogP contribution < -0.4 is 5.32 Å². The summed E-state index contributed by atoms with van der Waals surface area (Å²) in [5, 5.41) is 3.34. The fraction of sp³-hybridized carbons (Fsp3) is 0.267. The summed E-state index contributed by atoms with van der Waals surface area (Å²) in [6, 6.07) is 10.6. The Morgan fingerprint density at radius 2 is 2.00 bits per heavy atom. The van der Waals surface area contributed by atoms with E-state index in [0.29, 0.717) is 0 Å². The molecule has 0 aliphatic carbocycles. The molecule has 3 heteroatoms. The van der Waals surface area contributed by atoms with Crippen LogP contribution >= 0.6 is 15.9 Å². The lowest BCUT2D eigenvalue weighted by Gasteiger charge is -2.19. The van der Waals surface area contributed by atoms with Gasteiger partial charge in [0.25, 0.3) is 0 Å². The molecular weight excluding hydrogens is 288 g/mol. The lowest BCUT2D eigenvalue weighted by Crippen LogP contribution is -2.20. The summed E-state index contributed by atoms with van der Waals surface area (Å²) >= 11 is 3.57. The molecule has 1 heterocycles. The van der Waals surface area contributed by atoms with E-state index < -0.39 is 0 Å². The number of benzene rings is 1. The van der Waals surface area contributed by atoms with Crippen LogP contribution in [0.25, 0.3) is 0 Å². The third kappa shape index (κ3) is 2.62. The van der Waals surface area contributed by atoms with Gasteiger partial charge >= 0.3 is 0 Å². The smallest absolute Gasteiger partial charge is 0.0763 e. The topological polar surface area (TPSA) is 24.9 Å². The highest BCUT2D eigenvalue weighted by molar-refractivity contribution is 9.10. The fourth-order valence-electron chi connectivity index (χ4n) is 2.20. The zero-order chi connectivity index (χ0) is 13.1. The second kappa shape index (κ2) is 5.63. The number of nitrogens with zero attached hydrogens (tertiary/aromatic N) is 1. The summed E-state index contributed by atoms with van der Waals surface area (Å²) in [6.45, 7) is 4.26. The van der Waals surface area contributed by atoms with E-state index >= 15 is 0 Å². The van der Waals surface area contributed by atoms with Crippen molar-refractivity contribution in [3.8, 4) is 0 Å². The Morgan fingerprint density at radius 1 is 1.22 bits per heavy atom. The fourth-order valence-corrected chi connectivity index (χ4v) is 2.68. The van der Waals surface area contributed by atoms with Gasteiger partial charge in [0.15, 0.2) is 0 Å². The summed E-state index contributed by atoms with van der Waals surface area (Å²) < 4.78 is 1.03. The van der Waals surface area contributed by atoms with Gasteiger partial charge in [-0.15, -0.1) is 0 Å². The van der Waals surface area contributed by atoms with Crippen LogP contribution in [0.3, 0.4) is 0 Å². The third-order valence-corrected chi connectivity index (χ3v) is 3.76. The number of hydrogen-bond donors (Lipinski definition) is 1. The van der Waals surface area contributed by atoms with Gasteiger partial charge in [-0.1, -0.05) is 23.8 Å². The van der Waals surface area contributed by atoms with Crippen molar-refractivity contribution >= 4 is 15.9 Å². The van der Waals surface area contributed by atoms with Crippen molar-refractivity contribution in [3.05, 3.63) is 63.4 Å². The van der Waals surface area contributed by atoms with Gasteiger partial charge in [-0.3, -0.25) is 4.98 Å². The predicted molar refractivity (Wildman–Crippen MR) is 78.8 cm³/mol. The van der Waals surface area contributed by atoms with Crippen molar-refractivity contribution in [2.24, 2.45) is 0 Å². The first-order valence-corrected chi connectivity index (χ1v) is 6.77. The summed E-state index contributed by atoms with van der Waals surface area (Å²) in [6.07, 6.45) is 1.83. The van der Waals surface area contributed by atoms with Crippen molar-refractivity contribution in [1.29, 1.82) is 0 Å². The minimum absolute atomic E-state index is 0.112. The van der Waals surface area contributed by atoms with E-state index in [1.54, 1.807) is 0 Å². The van der Waals surface area contributed by atoms with Crippen molar-refractivity contribution in [2.45, 2.75) is 19.9 Å². The summed E-state index contributed by atoms with van der Waals surface area (Å²) in [5.41, 5.74) is 4.85. The minimum atomic E-state index is 0.112. The van der Waals surface area contributed by atoms with Crippen LogP contribution in [0.1, 0.15) is 28.4 Å². The van der Waals surface area contributed by atoms with Gasteiger partial charge in [-0.25, -0.2) is 0 Å². The van der Waals surface area contributed by atoms with Crippen molar-refractivity contribution < 1.29 is 0 Å². The first kappa shape index (κ1) is 13.2. The molecule has 0 aliphatic rings. The molecule has 2 nitrogen and oxygen atoms in total. The molecule has 0 fully saturated rings. The number of aryl methyl sites for hydroxylation is 2. The maximum Gasteiger partial charge on any atom is 0.0763 e. The zero-order valence-corrected chi connectivity index (χ0v) is 12.5. The molecule has 2 rings (SSSR count). The van der Waals surface area contributed by atoms with E-state index in [2.05, 4.69) is 58.3 Å². The standard InChI is InChI=1S/C15H17BrN2/c1-10-6-7-12(11(2)9-10)14(17-3)15-13(16)5-4-8-18-15/h4-9,14,17H,1-3H3. The third-order valence-electron chi connectivity index (χ3n) is 3.09. The molecule has 0 saturated carbocycles. The van der Waals surface area contributed by atoms with Gasteiger partial charge in [-0.05, 0) is 60.1 Å². The van der Waals surface area contributed by atoms with Gasteiger partial charge in [-0.2, -0.15) is 0 Å². The van der Waals surface area contributed by atoms with Crippen LogP contribution in [0.5, 0.6) is 0 Å². The normalized spacial score (nSPS) is 12.4. The van der Waals surface area contributed by atoms with Crippen LogP contribution in [-0.4, -0.2) is 12.0 Å². The van der Waals surface area contributed by atoms with Crippen LogP contribution in [0.4, 0.5) is 0 Å². The Kier molecular flexibility index (Phi) is 4.15. The molecule has 1 aromatic carbocycles. The average Bonchev–Trinajstić information content (AvgIpc) is 2.34. The maximum absolute atomic E-state index is 4.48. The molecule has 1 N–H and O–H groups in total. The van der Waals surface area contributed by atoms with Gasteiger partial charge in [0.05, 0.1) is 11.7 Å². The van der Waals surface area contributed by atoms with Gasteiger partial charge in [0.2, 0.25) is 0 Å². The van der Waals surface area contributed by atoms with E-state index in [0.717, 1.165) is 10.2 Å². The molecule has 1 aromatic heterocycles. The number of pyridine rings is 1. The maximum atomic E-state index is 4.48. The molecule has 94 valence electrons. The monoisotopic (exact) mass is 304 g/mol. The number of nitrogens with one attached hydrogen (secondary N) is 1. The number of halogens is 1. The van der Waals surface area contributed by atoms with E-state index in [1.165, 1.54) is 16.7 Å².